The Morgan fingerprint density at radius 1 is 0.452 bits per heavy atom. The molecule has 5 nitrogen and oxygen atoms in total. The van der Waals surface area contributed by atoms with Crippen molar-refractivity contribution in [1.29, 1.82) is 0 Å². The molecule has 0 aliphatic carbocycles. The number of nitrogens with one attached hydrogen (secondary N) is 1. The lowest BCUT2D eigenvalue weighted by Crippen LogP contribution is -2.22. The van der Waals surface area contributed by atoms with Gasteiger partial charge < -0.3 is 11.1 Å². The van der Waals surface area contributed by atoms with E-state index in [1.54, 1.807) is 0 Å². The van der Waals surface area contributed by atoms with E-state index < -0.39 is 6.04 Å². The summed E-state index contributed by atoms with van der Waals surface area (Å²) in [6, 6.07) is 71.2. The fraction of sp³-hybridized carbons (Fsp3) is 0.0179. The van der Waals surface area contributed by atoms with Crippen LogP contribution in [0.5, 0.6) is 0 Å². The van der Waals surface area contributed by atoms with E-state index in [2.05, 4.69) is 163 Å². The van der Waals surface area contributed by atoms with Crippen LogP contribution in [-0.4, -0.2) is 15.0 Å². The Bertz CT molecular complexity index is 3300. The zero-order chi connectivity index (χ0) is 41.4. The Hall–Kier alpha value is -7.77. The van der Waals surface area contributed by atoms with Crippen molar-refractivity contribution in [1.82, 2.24) is 20.3 Å². The van der Waals surface area contributed by atoms with Gasteiger partial charge in [0, 0.05) is 53.7 Å². The van der Waals surface area contributed by atoms with Gasteiger partial charge in [0.15, 0.2) is 17.5 Å². The van der Waals surface area contributed by atoms with Crippen LogP contribution in [0.3, 0.4) is 0 Å². The number of nitrogens with zero attached hydrogens (tertiary/aromatic N) is 3. The van der Waals surface area contributed by atoms with Crippen molar-refractivity contribution in [2.45, 2.75) is 6.04 Å². The maximum absolute atomic E-state index is 7.31. The highest BCUT2D eigenvalue weighted by Gasteiger charge is 2.25. The number of fused-ring (bicyclic) bond motifs is 4. The summed E-state index contributed by atoms with van der Waals surface area (Å²) in [6.45, 7) is 0. The van der Waals surface area contributed by atoms with Gasteiger partial charge in [0.05, 0.1) is 11.7 Å². The minimum absolute atomic E-state index is 0.422. The van der Waals surface area contributed by atoms with E-state index in [4.69, 9.17) is 20.7 Å². The van der Waals surface area contributed by atoms with Gasteiger partial charge in [-0.15, -0.1) is 11.3 Å². The lowest BCUT2D eigenvalue weighted by molar-refractivity contribution is 0.928. The third kappa shape index (κ3) is 6.97. The summed E-state index contributed by atoms with van der Waals surface area (Å²) in [5.41, 5.74) is 20.7. The van der Waals surface area contributed by atoms with Crippen molar-refractivity contribution in [2.24, 2.45) is 5.73 Å². The Balaban J connectivity index is 1.01. The molecule has 0 radical (unpaired) electrons. The van der Waals surface area contributed by atoms with Gasteiger partial charge in [0.25, 0.3) is 0 Å². The quantitative estimate of drug-likeness (QED) is 0.160. The Kier molecular flexibility index (Phi) is 9.62. The fourth-order valence-electron chi connectivity index (χ4n) is 8.50. The maximum Gasteiger partial charge on any atom is 0.164 e. The van der Waals surface area contributed by atoms with E-state index >= 15 is 0 Å². The van der Waals surface area contributed by atoms with Crippen LogP contribution in [-0.2, 0) is 0 Å². The highest BCUT2D eigenvalue weighted by atomic mass is 32.1. The van der Waals surface area contributed by atoms with Crippen LogP contribution in [0.4, 0.5) is 0 Å². The summed E-state index contributed by atoms with van der Waals surface area (Å²) in [7, 11) is 0. The smallest absolute Gasteiger partial charge is 0.164 e. The number of rotatable bonds is 8. The minimum Gasteiger partial charge on any atom is -0.354 e. The van der Waals surface area contributed by atoms with Crippen molar-refractivity contribution >= 4 is 54.6 Å². The van der Waals surface area contributed by atoms with Crippen LogP contribution in [0.1, 0.15) is 33.9 Å². The first-order chi connectivity index (χ1) is 30.6. The van der Waals surface area contributed by atoms with Crippen molar-refractivity contribution < 1.29 is 0 Å². The van der Waals surface area contributed by atoms with Crippen molar-refractivity contribution in [2.75, 3.05) is 0 Å². The molecule has 0 fully saturated rings. The van der Waals surface area contributed by atoms with E-state index in [9.17, 15) is 0 Å². The molecule has 0 bridgehead atoms. The first-order valence-corrected chi connectivity index (χ1v) is 21.6. The molecule has 10 aromatic rings. The van der Waals surface area contributed by atoms with Gasteiger partial charge >= 0.3 is 0 Å². The van der Waals surface area contributed by atoms with Gasteiger partial charge in [-0.25, -0.2) is 15.0 Å². The second kappa shape index (κ2) is 16.0. The highest BCUT2D eigenvalue weighted by Crippen LogP contribution is 2.42. The van der Waals surface area contributed by atoms with Crippen molar-refractivity contribution in [3.8, 4) is 45.3 Å². The Labute approximate surface area is 364 Å². The van der Waals surface area contributed by atoms with Crippen molar-refractivity contribution in [3.05, 3.63) is 234 Å². The number of hydrogen-bond acceptors (Lipinski definition) is 6. The zero-order valence-corrected chi connectivity index (χ0v) is 34.4. The number of aromatic nitrogens is 3. The van der Waals surface area contributed by atoms with Crippen LogP contribution in [0, 0.1) is 0 Å². The molecule has 1 aliphatic heterocycles. The summed E-state index contributed by atoms with van der Waals surface area (Å²) < 4.78 is 2.58. The molecule has 1 unspecified atom stereocenters. The first kappa shape index (κ1) is 37.2. The van der Waals surface area contributed by atoms with Gasteiger partial charge in [0.2, 0.25) is 0 Å². The second-order valence-electron chi connectivity index (χ2n) is 15.4. The predicted molar refractivity (Wildman–Crippen MR) is 259 cm³/mol. The molecule has 1 atom stereocenters. The van der Waals surface area contributed by atoms with Crippen molar-refractivity contribution in [3.63, 3.8) is 0 Å². The SMILES string of the molecule is NC(/C(=C1\NC(c2ccccc2)=Cc2ccccc21)c1ccc(-c2nc(-c3ccccc3)nc(-c3ccc(-c4cccc5sc6ccccc6c45)cc3)n2)cc1)c1ccccc1. The summed E-state index contributed by atoms with van der Waals surface area (Å²) in [4.78, 5) is 15.2. The molecular formula is C56H39N5S. The summed E-state index contributed by atoms with van der Waals surface area (Å²) >= 11 is 1.83. The number of hydrogen-bond donors (Lipinski definition) is 2. The molecule has 0 saturated heterocycles. The van der Waals surface area contributed by atoms with E-state index in [-0.39, 0.29) is 0 Å². The third-order valence-electron chi connectivity index (χ3n) is 11.6. The normalized spacial score (nSPS) is 13.6. The van der Waals surface area contributed by atoms with E-state index in [1.165, 1.54) is 25.7 Å². The zero-order valence-electron chi connectivity index (χ0n) is 33.6. The fourth-order valence-corrected chi connectivity index (χ4v) is 9.63. The molecule has 0 spiro atoms. The Morgan fingerprint density at radius 3 is 1.66 bits per heavy atom. The van der Waals surface area contributed by atoms with Crippen LogP contribution in [0.25, 0.3) is 88.5 Å². The summed E-state index contributed by atoms with van der Waals surface area (Å²) in [6.07, 6.45) is 2.21. The average Bonchev–Trinajstić information content (AvgIpc) is 3.74. The molecule has 3 heterocycles. The molecule has 1 aliphatic rings. The standard InChI is InChI=1S/C56H39N5S/c57-52(39-17-6-2-7-18-39)50(53-45-22-11-10-21-43(45)35-47(58-53)37-15-4-1-5-16-37)38-29-33-42(34-30-38)56-60-54(40-19-8-3-9-20-40)59-55(61-56)41-31-27-36(28-32-41)44-24-14-26-49-51(44)46-23-12-13-25-48(46)62-49/h1-35,52,58H,57H2/b53-50-. The molecule has 6 heteroatoms. The molecule has 3 N–H and O–H groups in total. The lowest BCUT2D eigenvalue weighted by atomic mass is 9.86. The Morgan fingerprint density at radius 2 is 0.968 bits per heavy atom. The number of benzene rings is 8. The lowest BCUT2D eigenvalue weighted by Gasteiger charge is -2.28. The maximum atomic E-state index is 7.31. The van der Waals surface area contributed by atoms with E-state index in [0.717, 1.165) is 67.0 Å². The third-order valence-corrected chi connectivity index (χ3v) is 12.7. The molecule has 11 rings (SSSR count). The second-order valence-corrected chi connectivity index (χ2v) is 16.5. The molecule has 294 valence electrons. The van der Waals surface area contributed by atoms with Gasteiger partial charge in [0.1, 0.15) is 0 Å². The summed E-state index contributed by atoms with van der Waals surface area (Å²) in [5.74, 6) is 1.82. The number of nitrogens with two attached hydrogens (primary N) is 1. The van der Waals surface area contributed by atoms with Crippen LogP contribution >= 0.6 is 11.3 Å². The van der Waals surface area contributed by atoms with Crippen LogP contribution in [0.15, 0.2) is 206 Å². The van der Waals surface area contributed by atoms with Gasteiger partial charge in [-0.05, 0) is 51.6 Å². The summed E-state index contributed by atoms with van der Waals surface area (Å²) in [5, 5.41) is 6.40. The topological polar surface area (TPSA) is 76.7 Å². The molecule has 0 amide bonds. The van der Waals surface area contributed by atoms with Gasteiger partial charge in [-0.3, -0.25) is 0 Å². The molecule has 62 heavy (non-hydrogen) atoms. The van der Waals surface area contributed by atoms with Crippen LogP contribution < -0.4 is 11.1 Å². The van der Waals surface area contributed by atoms with E-state index in [1.807, 2.05) is 65.9 Å². The first-order valence-electron chi connectivity index (χ1n) is 20.8. The molecular weight excluding hydrogens is 775 g/mol. The highest BCUT2D eigenvalue weighted by molar-refractivity contribution is 7.25. The van der Waals surface area contributed by atoms with Gasteiger partial charge in [-0.2, -0.15) is 0 Å². The number of thiophene rings is 1. The predicted octanol–water partition coefficient (Wildman–Crippen LogP) is 13.6. The van der Waals surface area contributed by atoms with Crippen LogP contribution in [0.2, 0.25) is 0 Å². The molecule has 2 aromatic heterocycles. The molecule has 8 aromatic carbocycles. The van der Waals surface area contributed by atoms with E-state index in [0.29, 0.717) is 17.5 Å². The minimum atomic E-state index is -0.422. The largest absolute Gasteiger partial charge is 0.354 e. The monoisotopic (exact) mass is 813 g/mol. The van der Waals surface area contributed by atoms with Gasteiger partial charge in [-0.1, -0.05) is 194 Å². The average molecular weight is 814 g/mol. The molecule has 0 saturated carbocycles.